The molecule has 1 aromatic heterocycles. The van der Waals surface area contributed by atoms with Crippen molar-refractivity contribution >= 4 is 28.9 Å². The number of aromatic nitrogens is 2. The van der Waals surface area contributed by atoms with Crippen LogP contribution in [0.3, 0.4) is 0 Å². The number of anilines is 1. The second-order valence-electron chi connectivity index (χ2n) is 6.87. The van der Waals surface area contributed by atoms with Crippen molar-refractivity contribution in [2.24, 2.45) is 0 Å². The molecular weight excluding hydrogens is 355 g/mol. The Morgan fingerprint density at radius 3 is 2.92 bits per heavy atom. The molecule has 1 saturated heterocycles. The lowest BCUT2D eigenvalue weighted by Gasteiger charge is -2.30. The maximum Gasteiger partial charge on any atom is 0.151 e. The number of aliphatic hydroxyl groups excluding tert-OH is 1. The van der Waals surface area contributed by atoms with Crippen LogP contribution in [0.1, 0.15) is 35.8 Å². The highest BCUT2D eigenvalue weighted by Gasteiger charge is 2.26. The number of nitrogens with zero attached hydrogens (tertiary/aromatic N) is 2. The zero-order valence-electron chi connectivity index (χ0n) is 14.4. The van der Waals surface area contributed by atoms with Crippen LogP contribution < -0.4 is 5.32 Å². The van der Waals surface area contributed by atoms with Crippen molar-refractivity contribution < 1.29 is 9.50 Å². The van der Waals surface area contributed by atoms with E-state index in [-0.39, 0.29) is 6.67 Å². The molecule has 1 unspecified atom stereocenters. The van der Waals surface area contributed by atoms with Gasteiger partial charge in [0.1, 0.15) is 12.5 Å². The first kappa shape index (κ1) is 17.5. The van der Waals surface area contributed by atoms with Crippen molar-refractivity contribution in [3.63, 3.8) is 0 Å². The maximum atomic E-state index is 12.5. The third-order valence-electron chi connectivity index (χ3n) is 5.18. The summed E-state index contributed by atoms with van der Waals surface area (Å²) >= 11 is 6.10. The van der Waals surface area contributed by atoms with Gasteiger partial charge in [-0.05, 0) is 50.2 Å². The molecule has 0 aliphatic carbocycles. The fourth-order valence-corrected chi connectivity index (χ4v) is 3.93. The monoisotopic (exact) mass is 376 g/mol. The number of rotatable bonds is 4. The second kappa shape index (κ2) is 7.39. The van der Waals surface area contributed by atoms with Crippen molar-refractivity contribution in [1.29, 1.82) is 0 Å². The van der Waals surface area contributed by atoms with Gasteiger partial charge in [0.2, 0.25) is 0 Å². The Labute approximate surface area is 156 Å². The molecule has 2 aliphatic rings. The SMILES string of the molecule is OC1Nc2ccc(Cl)cc2C1=Cc1cnc(C2CCN(CCF)CC2)[nH]1. The Kier molecular flexibility index (Phi) is 4.98. The second-order valence-corrected chi connectivity index (χ2v) is 7.30. The lowest BCUT2D eigenvalue weighted by Crippen LogP contribution is -2.34. The first-order valence-electron chi connectivity index (χ1n) is 8.93. The number of H-pyrrole nitrogens is 1. The molecule has 4 rings (SSSR count). The van der Waals surface area contributed by atoms with Gasteiger partial charge in [0, 0.05) is 34.3 Å². The minimum absolute atomic E-state index is 0.287. The molecule has 1 atom stereocenters. The van der Waals surface area contributed by atoms with Crippen LogP contribution in [-0.4, -0.2) is 52.5 Å². The molecule has 0 spiro atoms. The number of aromatic amines is 1. The number of hydrogen-bond donors (Lipinski definition) is 3. The van der Waals surface area contributed by atoms with Crippen molar-refractivity contribution in [2.75, 3.05) is 31.6 Å². The highest BCUT2D eigenvalue weighted by molar-refractivity contribution is 6.31. The molecule has 0 radical (unpaired) electrons. The van der Waals surface area contributed by atoms with Gasteiger partial charge in [-0.3, -0.25) is 0 Å². The largest absolute Gasteiger partial charge is 0.369 e. The third-order valence-corrected chi connectivity index (χ3v) is 5.42. The van der Waals surface area contributed by atoms with Crippen LogP contribution in [0.2, 0.25) is 5.02 Å². The number of halogens is 2. The van der Waals surface area contributed by atoms with Gasteiger partial charge in [0.05, 0.1) is 11.9 Å². The molecule has 2 aliphatic heterocycles. The fourth-order valence-electron chi connectivity index (χ4n) is 3.76. The Hall–Kier alpha value is -1.89. The smallest absolute Gasteiger partial charge is 0.151 e. The number of aliphatic hydroxyl groups is 1. The molecule has 1 fully saturated rings. The number of hydrogen-bond acceptors (Lipinski definition) is 4. The molecule has 2 aromatic rings. The van der Waals surface area contributed by atoms with Crippen molar-refractivity contribution in [2.45, 2.75) is 25.0 Å². The molecular formula is C19H22ClFN4O. The first-order chi connectivity index (χ1) is 12.6. The molecule has 0 amide bonds. The zero-order chi connectivity index (χ0) is 18.1. The Morgan fingerprint density at radius 2 is 2.15 bits per heavy atom. The van der Waals surface area contributed by atoms with E-state index < -0.39 is 6.23 Å². The van der Waals surface area contributed by atoms with Gasteiger partial charge in [-0.2, -0.15) is 0 Å². The van der Waals surface area contributed by atoms with Gasteiger partial charge in [-0.25, -0.2) is 9.37 Å². The number of benzene rings is 1. The molecule has 0 bridgehead atoms. The molecule has 26 heavy (non-hydrogen) atoms. The van der Waals surface area contributed by atoms with E-state index in [9.17, 15) is 9.50 Å². The number of piperidine rings is 1. The summed E-state index contributed by atoms with van der Waals surface area (Å²) in [5.74, 6) is 1.33. The molecule has 7 heteroatoms. The summed E-state index contributed by atoms with van der Waals surface area (Å²) in [6.45, 7) is 2.04. The van der Waals surface area contributed by atoms with Gasteiger partial charge in [-0.1, -0.05) is 11.6 Å². The summed E-state index contributed by atoms with van der Waals surface area (Å²) < 4.78 is 12.5. The Bertz CT molecular complexity index is 814. The van der Waals surface area contributed by atoms with E-state index >= 15 is 0 Å². The molecule has 1 aromatic carbocycles. The summed E-state index contributed by atoms with van der Waals surface area (Å²) in [5, 5.41) is 14.0. The summed E-state index contributed by atoms with van der Waals surface area (Å²) in [6, 6.07) is 5.52. The van der Waals surface area contributed by atoms with Gasteiger partial charge in [-0.15, -0.1) is 0 Å². The lowest BCUT2D eigenvalue weighted by molar-refractivity contribution is 0.194. The number of likely N-dealkylation sites (tertiary alicyclic amines) is 1. The number of imidazole rings is 1. The van der Waals surface area contributed by atoms with Gasteiger partial charge in [0.15, 0.2) is 6.23 Å². The average molecular weight is 377 g/mol. The van der Waals surface area contributed by atoms with Crippen LogP contribution in [0.25, 0.3) is 11.6 Å². The summed E-state index contributed by atoms with van der Waals surface area (Å²) in [5.41, 5.74) is 3.40. The van der Waals surface area contributed by atoms with Gasteiger partial charge >= 0.3 is 0 Å². The van der Waals surface area contributed by atoms with Crippen LogP contribution in [0.4, 0.5) is 10.1 Å². The molecule has 0 saturated carbocycles. The standard InChI is InChI=1S/C19H22ClFN4O/c20-13-1-2-17-15(9-13)16(19(26)24-17)10-14-11-22-18(23-14)12-3-6-25(7-4-12)8-5-21/h1-2,9-12,19,24,26H,3-8H2,(H,22,23). The van der Waals surface area contributed by atoms with Crippen LogP contribution in [0.15, 0.2) is 24.4 Å². The van der Waals surface area contributed by atoms with E-state index in [0.717, 1.165) is 54.3 Å². The van der Waals surface area contributed by atoms with E-state index in [4.69, 9.17) is 11.6 Å². The lowest BCUT2D eigenvalue weighted by atomic mass is 9.96. The number of alkyl halides is 1. The summed E-state index contributed by atoms with van der Waals surface area (Å²) in [7, 11) is 0. The van der Waals surface area contributed by atoms with E-state index in [1.165, 1.54) is 0 Å². The van der Waals surface area contributed by atoms with Gasteiger partial charge in [0.25, 0.3) is 0 Å². The molecule has 5 nitrogen and oxygen atoms in total. The van der Waals surface area contributed by atoms with Crippen molar-refractivity contribution in [3.8, 4) is 0 Å². The number of fused-ring (bicyclic) bond motifs is 1. The topological polar surface area (TPSA) is 64.2 Å². The molecule has 3 heterocycles. The van der Waals surface area contributed by atoms with Crippen LogP contribution in [0.5, 0.6) is 0 Å². The van der Waals surface area contributed by atoms with Crippen LogP contribution in [-0.2, 0) is 0 Å². The van der Waals surface area contributed by atoms with Gasteiger partial charge < -0.3 is 20.3 Å². The van der Waals surface area contributed by atoms with Crippen molar-refractivity contribution in [1.82, 2.24) is 14.9 Å². The Morgan fingerprint density at radius 1 is 1.35 bits per heavy atom. The minimum atomic E-state index is -0.765. The summed E-state index contributed by atoms with van der Waals surface area (Å²) in [4.78, 5) is 10.1. The number of nitrogens with one attached hydrogen (secondary N) is 2. The normalized spacial score (nSPS) is 22.6. The van der Waals surface area contributed by atoms with E-state index in [1.807, 2.05) is 18.2 Å². The van der Waals surface area contributed by atoms with Crippen LogP contribution in [0, 0.1) is 0 Å². The molecule has 138 valence electrons. The van der Waals surface area contributed by atoms with E-state index in [0.29, 0.717) is 17.5 Å². The first-order valence-corrected chi connectivity index (χ1v) is 9.31. The third kappa shape index (κ3) is 3.49. The maximum absolute atomic E-state index is 12.5. The predicted molar refractivity (Wildman–Crippen MR) is 102 cm³/mol. The van der Waals surface area contributed by atoms with Crippen molar-refractivity contribution in [3.05, 3.63) is 46.5 Å². The van der Waals surface area contributed by atoms with E-state index in [2.05, 4.69) is 20.2 Å². The highest BCUT2D eigenvalue weighted by atomic mass is 35.5. The zero-order valence-corrected chi connectivity index (χ0v) is 15.1. The van der Waals surface area contributed by atoms with E-state index in [1.54, 1.807) is 12.3 Å². The predicted octanol–water partition coefficient (Wildman–Crippen LogP) is 3.50. The quantitative estimate of drug-likeness (QED) is 0.764. The Balaban J connectivity index is 1.51. The minimum Gasteiger partial charge on any atom is -0.369 e. The average Bonchev–Trinajstić information content (AvgIpc) is 3.22. The highest BCUT2D eigenvalue weighted by Crippen LogP contribution is 2.37. The summed E-state index contributed by atoms with van der Waals surface area (Å²) in [6.07, 6.45) is 4.90. The van der Waals surface area contributed by atoms with Crippen LogP contribution >= 0.6 is 11.6 Å². The fraction of sp³-hybridized carbons (Fsp3) is 0.421. The molecule has 3 N–H and O–H groups in total.